The Bertz CT molecular complexity index is 671. The maximum atomic E-state index is 6.38. The van der Waals surface area contributed by atoms with Gasteiger partial charge >= 0.3 is 0 Å². The van der Waals surface area contributed by atoms with E-state index >= 15 is 0 Å². The molecular weight excluding hydrogens is 308 g/mol. The van der Waals surface area contributed by atoms with E-state index in [1.54, 1.807) is 7.11 Å². The highest BCUT2D eigenvalue weighted by atomic mass is 16.5. The van der Waals surface area contributed by atoms with Crippen molar-refractivity contribution < 1.29 is 4.74 Å². The maximum Gasteiger partial charge on any atom is 0.126 e. The Hall–Kier alpha value is -2.00. The lowest BCUT2D eigenvalue weighted by atomic mass is 9.88. The van der Waals surface area contributed by atoms with Gasteiger partial charge in [0.25, 0.3) is 0 Å². The third-order valence-electron chi connectivity index (χ3n) is 5.35. The molecule has 134 valence electrons. The fourth-order valence-corrected chi connectivity index (χ4v) is 3.79. The molecule has 0 spiro atoms. The molecule has 0 aromatic heterocycles. The van der Waals surface area contributed by atoms with Crippen molar-refractivity contribution in [3.63, 3.8) is 0 Å². The second-order valence-electron chi connectivity index (χ2n) is 7.05. The molecule has 0 unspecified atom stereocenters. The Kier molecular flexibility index (Phi) is 5.98. The highest BCUT2D eigenvalue weighted by Crippen LogP contribution is 2.35. The molecule has 2 aromatic carbocycles. The van der Waals surface area contributed by atoms with Gasteiger partial charge in [-0.3, -0.25) is 0 Å². The average Bonchev–Trinajstić information content (AvgIpc) is 2.67. The maximum absolute atomic E-state index is 6.38. The summed E-state index contributed by atoms with van der Waals surface area (Å²) in [7, 11) is 1.74. The first kappa shape index (κ1) is 17.8. The molecule has 1 aliphatic heterocycles. The predicted octanol–water partition coefficient (Wildman–Crippen LogP) is 4.71. The topological polar surface area (TPSA) is 38.5 Å². The van der Waals surface area contributed by atoms with Crippen molar-refractivity contribution in [3.05, 3.63) is 48.5 Å². The molecule has 1 heterocycles. The Morgan fingerprint density at radius 2 is 1.96 bits per heavy atom. The number of ether oxygens (including phenoxy) is 1. The quantitative estimate of drug-likeness (QED) is 0.829. The van der Waals surface area contributed by atoms with Crippen LogP contribution >= 0.6 is 0 Å². The van der Waals surface area contributed by atoms with Crippen molar-refractivity contribution in [2.45, 2.75) is 38.6 Å². The molecule has 2 aromatic rings. The van der Waals surface area contributed by atoms with Crippen molar-refractivity contribution in [2.24, 2.45) is 11.7 Å². The summed E-state index contributed by atoms with van der Waals surface area (Å²) in [6.45, 7) is 4.34. The van der Waals surface area contributed by atoms with Gasteiger partial charge in [0.15, 0.2) is 0 Å². The van der Waals surface area contributed by atoms with Crippen LogP contribution in [0.5, 0.6) is 5.75 Å². The molecule has 0 saturated carbocycles. The predicted molar refractivity (Wildman–Crippen MR) is 106 cm³/mol. The molecule has 1 saturated heterocycles. The van der Waals surface area contributed by atoms with Crippen molar-refractivity contribution in [1.29, 1.82) is 0 Å². The molecular formula is C22H30N2O. The number of benzene rings is 2. The van der Waals surface area contributed by atoms with Crippen molar-refractivity contribution in [3.8, 4) is 16.9 Å². The van der Waals surface area contributed by atoms with Gasteiger partial charge in [0.2, 0.25) is 0 Å². The normalized spacial score (nSPS) is 20.5. The van der Waals surface area contributed by atoms with Crippen LogP contribution in [0.3, 0.4) is 0 Å². The van der Waals surface area contributed by atoms with E-state index in [9.17, 15) is 0 Å². The lowest BCUT2D eigenvalue weighted by Crippen LogP contribution is -2.47. The van der Waals surface area contributed by atoms with Gasteiger partial charge in [0, 0.05) is 30.4 Å². The van der Waals surface area contributed by atoms with Crippen LogP contribution in [0.2, 0.25) is 0 Å². The summed E-state index contributed by atoms with van der Waals surface area (Å²) in [4.78, 5) is 2.50. The van der Waals surface area contributed by atoms with Gasteiger partial charge in [-0.05, 0) is 42.5 Å². The zero-order valence-electron chi connectivity index (χ0n) is 15.4. The second-order valence-corrected chi connectivity index (χ2v) is 7.05. The Morgan fingerprint density at radius 1 is 1.16 bits per heavy atom. The zero-order chi connectivity index (χ0) is 17.6. The lowest BCUT2D eigenvalue weighted by molar-refractivity contribution is 0.330. The lowest BCUT2D eigenvalue weighted by Gasteiger charge is -2.38. The summed E-state index contributed by atoms with van der Waals surface area (Å²) in [5, 5.41) is 0. The van der Waals surface area contributed by atoms with E-state index in [1.807, 2.05) is 6.07 Å². The second kappa shape index (κ2) is 8.39. The van der Waals surface area contributed by atoms with Gasteiger partial charge in [-0.15, -0.1) is 0 Å². The number of methoxy groups -OCH3 is 1. The zero-order valence-corrected chi connectivity index (χ0v) is 15.4. The van der Waals surface area contributed by atoms with Gasteiger partial charge in [-0.25, -0.2) is 0 Å². The van der Waals surface area contributed by atoms with Crippen molar-refractivity contribution in [2.75, 3.05) is 25.1 Å². The number of hydrogen-bond acceptors (Lipinski definition) is 3. The molecule has 3 nitrogen and oxygen atoms in total. The number of nitrogens with zero attached hydrogens (tertiary/aromatic N) is 1. The molecule has 1 aliphatic rings. The van der Waals surface area contributed by atoms with Gasteiger partial charge in [-0.2, -0.15) is 0 Å². The molecule has 0 bridgehead atoms. The molecule has 2 N–H and O–H groups in total. The minimum atomic E-state index is 0.342. The summed E-state index contributed by atoms with van der Waals surface area (Å²) in [5.74, 6) is 1.52. The standard InChI is InChI=1S/C22H30N2O/c1-3-4-8-18-16-24(14-13-21(18)23)19-11-12-22(25-2)20(15-19)17-9-6-5-7-10-17/h5-7,9-12,15,18,21H,3-4,8,13-14,16,23H2,1-2H3/t18-,21-/m0/s1. The smallest absolute Gasteiger partial charge is 0.126 e. The minimum Gasteiger partial charge on any atom is -0.496 e. The number of rotatable bonds is 6. The van der Waals surface area contributed by atoms with E-state index in [-0.39, 0.29) is 0 Å². The Morgan fingerprint density at radius 3 is 2.68 bits per heavy atom. The summed E-state index contributed by atoms with van der Waals surface area (Å²) in [5.41, 5.74) is 10.00. The van der Waals surface area contributed by atoms with Crippen LogP contribution < -0.4 is 15.4 Å². The third kappa shape index (κ3) is 4.16. The monoisotopic (exact) mass is 338 g/mol. The Labute approximate surface area is 151 Å². The number of anilines is 1. The molecule has 3 rings (SSSR count). The number of hydrogen-bond donors (Lipinski definition) is 1. The number of unbranched alkanes of at least 4 members (excludes halogenated alkanes) is 1. The third-order valence-corrected chi connectivity index (χ3v) is 5.35. The number of nitrogens with two attached hydrogens (primary N) is 1. The molecule has 2 atom stereocenters. The molecule has 25 heavy (non-hydrogen) atoms. The van der Waals surface area contributed by atoms with Gasteiger partial charge in [0.05, 0.1) is 7.11 Å². The average molecular weight is 338 g/mol. The van der Waals surface area contributed by atoms with E-state index in [1.165, 1.54) is 30.5 Å². The fourth-order valence-electron chi connectivity index (χ4n) is 3.79. The summed E-state index contributed by atoms with van der Waals surface area (Å²) >= 11 is 0. The van der Waals surface area contributed by atoms with Gasteiger partial charge < -0.3 is 15.4 Å². The first-order valence-corrected chi connectivity index (χ1v) is 9.47. The first-order valence-electron chi connectivity index (χ1n) is 9.47. The van der Waals surface area contributed by atoms with Crippen LogP contribution in [0.15, 0.2) is 48.5 Å². The highest BCUT2D eigenvalue weighted by molar-refractivity contribution is 5.74. The van der Waals surface area contributed by atoms with Gasteiger partial charge in [0.1, 0.15) is 5.75 Å². The first-order chi connectivity index (χ1) is 12.2. The van der Waals surface area contributed by atoms with Crippen LogP contribution in [-0.2, 0) is 0 Å². The molecule has 1 fully saturated rings. The largest absolute Gasteiger partial charge is 0.496 e. The van der Waals surface area contributed by atoms with E-state index in [4.69, 9.17) is 10.5 Å². The minimum absolute atomic E-state index is 0.342. The van der Waals surface area contributed by atoms with Crippen molar-refractivity contribution >= 4 is 5.69 Å². The SMILES string of the molecule is CCCC[C@H]1CN(c2ccc(OC)c(-c3ccccc3)c2)CC[C@@H]1N. The van der Waals surface area contributed by atoms with Crippen LogP contribution in [0.1, 0.15) is 32.6 Å². The van der Waals surface area contributed by atoms with Crippen LogP contribution in [0.25, 0.3) is 11.1 Å². The van der Waals surface area contributed by atoms with Crippen LogP contribution in [-0.4, -0.2) is 26.2 Å². The highest BCUT2D eigenvalue weighted by Gasteiger charge is 2.26. The number of piperidine rings is 1. The molecule has 0 aliphatic carbocycles. The summed E-state index contributed by atoms with van der Waals surface area (Å²) < 4.78 is 5.59. The molecule has 3 heteroatoms. The van der Waals surface area contributed by atoms with E-state index < -0.39 is 0 Å². The fraction of sp³-hybridized carbons (Fsp3) is 0.455. The summed E-state index contributed by atoms with van der Waals surface area (Å²) in [6, 6.07) is 17.3. The van der Waals surface area contributed by atoms with E-state index in [2.05, 4.69) is 54.3 Å². The van der Waals surface area contributed by atoms with Crippen molar-refractivity contribution in [1.82, 2.24) is 0 Å². The van der Waals surface area contributed by atoms with E-state index in [0.29, 0.717) is 12.0 Å². The Balaban J connectivity index is 1.85. The molecule has 0 radical (unpaired) electrons. The van der Waals surface area contributed by atoms with E-state index in [0.717, 1.165) is 30.8 Å². The van der Waals surface area contributed by atoms with Crippen LogP contribution in [0.4, 0.5) is 5.69 Å². The molecule has 0 amide bonds. The van der Waals surface area contributed by atoms with Gasteiger partial charge in [-0.1, -0.05) is 50.1 Å². The van der Waals surface area contributed by atoms with Crippen LogP contribution in [0, 0.1) is 5.92 Å². The summed E-state index contributed by atoms with van der Waals surface area (Å²) in [6.07, 6.45) is 4.81.